The third kappa shape index (κ3) is 3.73. The average Bonchev–Trinajstić information content (AvgIpc) is 3.05. The maximum atomic E-state index is 12.2. The van der Waals surface area contributed by atoms with Crippen molar-refractivity contribution in [1.82, 2.24) is 4.90 Å². The average molecular weight is 285 g/mol. The van der Waals surface area contributed by atoms with E-state index in [0.29, 0.717) is 18.3 Å². The molecule has 1 aromatic heterocycles. The summed E-state index contributed by atoms with van der Waals surface area (Å²) in [6.45, 7) is 0.542. The zero-order valence-corrected chi connectivity index (χ0v) is 12.0. The van der Waals surface area contributed by atoms with Gasteiger partial charge in [0, 0.05) is 12.6 Å². The molecule has 1 N–H and O–H groups in total. The molecule has 100 valence electrons. The van der Waals surface area contributed by atoms with Gasteiger partial charge in [0.2, 0.25) is 5.91 Å². The summed E-state index contributed by atoms with van der Waals surface area (Å²) >= 11 is 3.26. The number of amides is 1. The van der Waals surface area contributed by atoms with Gasteiger partial charge >= 0.3 is 0 Å². The number of nitrogens with zero attached hydrogens (tertiary/aromatic N) is 1. The molecule has 1 aromatic rings. The Hall–Kier alpha value is -0.520. The van der Waals surface area contributed by atoms with Crippen LogP contribution in [0.1, 0.15) is 25.7 Å². The Balaban J connectivity index is 1.86. The van der Waals surface area contributed by atoms with Gasteiger partial charge in [-0.2, -0.15) is 0 Å². The Bertz CT molecular complexity index is 361. The van der Waals surface area contributed by atoms with Crippen molar-refractivity contribution in [3.8, 4) is 0 Å². The molecule has 18 heavy (non-hydrogen) atoms. The van der Waals surface area contributed by atoms with Crippen LogP contribution in [0.3, 0.4) is 0 Å². The molecule has 5 heteroatoms. The van der Waals surface area contributed by atoms with Crippen molar-refractivity contribution in [1.29, 1.82) is 0 Å². The smallest absolute Gasteiger partial charge is 0.233 e. The molecule has 1 saturated carbocycles. The summed E-state index contributed by atoms with van der Waals surface area (Å²) in [5.41, 5.74) is 0. The second-order valence-corrected chi connectivity index (χ2v) is 6.69. The molecule has 1 aliphatic carbocycles. The third-order valence-electron chi connectivity index (χ3n) is 3.26. The maximum Gasteiger partial charge on any atom is 0.233 e. The normalized spacial score (nSPS) is 16.1. The van der Waals surface area contributed by atoms with Crippen LogP contribution in [0.5, 0.6) is 0 Å². The van der Waals surface area contributed by atoms with E-state index in [0.717, 1.165) is 12.8 Å². The Labute approximate surface area is 116 Å². The highest BCUT2D eigenvalue weighted by atomic mass is 32.2. The van der Waals surface area contributed by atoms with Crippen LogP contribution in [0.2, 0.25) is 0 Å². The van der Waals surface area contributed by atoms with E-state index in [2.05, 4.69) is 0 Å². The zero-order valence-electron chi connectivity index (χ0n) is 10.4. The Morgan fingerprint density at radius 3 is 2.89 bits per heavy atom. The first kappa shape index (κ1) is 13.9. The molecular formula is C13H19NO2S2. The van der Waals surface area contributed by atoms with Gasteiger partial charge < -0.3 is 10.0 Å². The molecule has 0 aliphatic heterocycles. The van der Waals surface area contributed by atoms with Crippen molar-refractivity contribution in [3.63, 3.8) is 0 Å². The second kappa shape index (κ2) is 7.16. The van der Waals surface area contributed by atoms with Crippen LogP contribution in [0.15, 0.2) is 21.7 Å². The SMILES string of the molecule is O=C(CSc1cccs1)N(CCO)C1CCCC1. The van der Waals surface area contributed by atoms with Gasteiger partial charge in [-0.15, -0.1) is 23.1 Å². The van der Waals surface area contributed by atoms with Crippen LogP contribution < -0.4 is 0 Å². The van der Waals surface area contributed by atoms with Gasteiger partial charge in [0.05, 0.1) is 16.6 Å². The Morgan fingerprint density at radius 1 is 1.50 bits per heavy atom. The fourth-order valence-corrected chi connectivity index (χ4v) is 4.07. The lowest BCUT2D eigenvalue weighted by Gasteiger charge is -2.28. The van der Waals surface area contributed by atoms with Crippen LogP contribution in [-0.2, 0) is 4.79 Å². The number of hydrogen-bond acceptors (Lipinski definition) is 4. The monoisotopic (exact) mass is 285 g/mol. The molecule has 0 unspecified atom stereocenters. The van der Waals surface area contributed by atoms with Crippen molar-refractivity contribution in [2.24, 2.45) is 0 Å². The van der Waals surface area contributed by atoms with E-state index in [-0.39, 0.29) is 12.5 Å². The molecule has 1 amide bonds. The topological polar surface area (TPSA) is 40.5 Å². The number of aliphatic hydroxyl groups is 1. The summed E-state index contributed by atoms with van der Waals surface area (Å²) in [7, 11) is 0. The molecule has 0 radical (unpaired) electrons. The number of thiophene rings is 1. The molecule has 1 aliphatic rings. The highest BCUT2D eigenvalue weighted by Crippen LogP contribution is 2.26. The second-order valence-electron chi connectivity index (χ2n) is 4.47. The van der Waals surface area contributed by atoms with Gasteiger partial charge in [-0.05, 0) is 24.3 Å². The van der Waals surface area contributed by atoms with Crippen molar-refractivity contribution in [3.05, 3.63) is 17.5 Å². The summed E-state index contributed by atoms with van der Waals surface area (Å²) in [6, 6.07) is 4.39. The first-order valence-corrected chi connectivity index (χ1v) is 8.24. The minimum atomic E-state index is 0.0614. The number of carbonyl (C=O) groups excluding carboxylic acids is 1. The lowest BCUT2D eigenvalue weighted by molar-refractivity contribution is -0.131. The number of hydrogen-bond donors (Lipinski definition) is 1. The van der Waals surface area contributed by atoms with Crippen LogP contribution in [0, 0.1) is 0 Å². The fourth-order valence-electron chi connectivity index (χ4n) is 2.40. The molecule has 1 heterocycles. The summed E-state index contributed by atoms with van der Waals surface area (Å²) in [5.74, 6) is 0.645. The summed E-state index contributed by atoms with van der Waals surface area (Å²) in [4.78, 5) is 14.1. The molecule has 0 aromatic carbocycles. The predicted molar refractivity (Wildman–Crippen MR) is 76.1 cm³/mol. The lowest BCUT2D eigenvalue weighted by atomic mass is 10.2. The molecule has 1 fully saturated rings. The van der Waals surface area contributed by atoms with Crippen molar-refractivity contribution >= 4 is 29.0 Å². The molecule has 2 rings (SSSR count). The highest BCUT2D eigenvalue weighted by molar-refractivity contribution is 8.01. The standard InChI is InChI=1S/C13H19NO2S2/c15-8-7-14(11-4-1-2-5-11)12(16)10-18-13-6-3-9-17-13/h3,6,9,11,15H,1-2,4-5,7-8,10H2. The van der Waals surface area contributed by atoms with Gasteiger partial charge in [0.1, 0.15) is 0 Å². The van der Waals surface area contributed by atoms with Crippen molar-refractivity contribution in [2.75, 3.05) is 18.9 Å². The Morgan fingerprint density at radius 2 is 2.28 bits per heavy atom. The number of carbonyl (C=O) groups is 1. The minimum Gasteiger partial charge on any atom is -0.395 e. The van der Waals surface area contributed by atoms with Gasteiger partial charge in [-0.3, -0.25) is 4.79 Å². The maximum absolute atomic E-state index is 12.2. The summed E-state index contributed by atoms with van der Waals surface area (Å²) in [5, 5.41) is 11.1. The fraction of sp³-hybridized carbons (Fsp3) is 0.615. The van der Waals surface area contributed by atoms with Gasteiger partial charge in [-0.25, -0.2) is 0 Å². The van der Waals surface area contributed by atoms with Crippen LogP contribution in [0.25, 0.3) is 0 Å². The largest absolute Gasteiger partial charge is 0.395 e. The summed E-state index contributed by atoms with van der Waals surface area (Å²) in [6.07, 6.45) is 4.60. The first-order chi connectivity index (χ1) is 8.81. The molecule has 0 saturated heterocycles. The predicted octanol–water partition coefficient (Wildman–Crippen LogP) is 2.60. The van der Waals surface area contributed by atoms with Gasteiger partial charge in [0.25, 0.3) is 0 Å². The van der Waals surface area contributed by atoms with Crippen LogP contribution >= 0.6 is 23.1 Å². The molecular weight excluding hydrogens is 266 g/mol. The van der Waals surface area contributed by atoms with Crippen LogP contribution in [0.4, 0.5) is 0 Å². The van der Waals surface area contributed by atoms with Gasteiger partial charge in [-0.1, -0.05) is 18.9 Å². The molecule has 0 atom stereocenters. The van der Waals surface area contributed by atoms with E-state index >= 15 is 0 Å². The van der Waals surface area contributed by atoms with Crippen molar-refractivity contribution in [2.45, 2.75) is 35.9 Å². The number of rotatable bonds is 6. The van der Waals surface area contributed by atoms with E-state index in [9.17, 15) is 4.79 Å². The number of thioether (sulfide) groups is 1. The molecule has 0 spiro atoms. The van der Waals surface area contributed by atoms with E-state index in [1.807, 2.05) is 22.4 Å². The first-order valence-electron chi connectivity index (χ1n) is 6.38. The molecule has 3 nitrogen and oxygen atoms in total. The minimum absolute atomic E-state index is 0.0614. The van der Waals surface area contributed by atoms with Crippen LogP contribution in [-0.4, -0.2) is 40.9 Å². The highest BCUT2D eigenvalue weighted by Gasteiger charge is 2.25. The lowest BCUT2D eigenvalue weighted by Crippen LogP contribution is -2.41. The zero-order chi connectivity index (χ0) is 12.8. The van der Waals surface area contributed by atoms with E-state index in [1.54, 1.807) is 23.1 Å². The quantitative estimate of drug-likeness (QED) is 0.817. The van der Waals surface area contributed by atoms with E-state index in [4.69, 9.17) is 5.11 Å². The Kier molecular flexibility index (Phi) is 5.53. The third-order valence-corrected chi connectivity index (χ3v) is 5.38. The van der Waals surface area contributed by atoms with Gasteiger partial charge in [0.15, 0.2) is 0 Å². The molecule has 0 bridgehead atoms. The summed E-state index contributed by atoms with van der Waals surface area (Å²) < 4.78 is 1.18. The van der Waals surface area contributed by atoms with Crippen molar-refractivity contribution < 1.29 is 9.90 Å². The van der Waals surface area contributed by atoms with E-state index in [1.165, 1.54) is 17.1 Å². The number of aliphatic hydroxyl groups excluding tert-OH is 1. The van der Waals surface area contributed by atoms with E-state index < -0.39 is 0 Å².